The zero-order valence-electron chi connectivity index (χ0n) is 9.12. The monoisotopic (exact) mass is 270 g/mol. The molecule has 0 aromatic carbocycles. The van der Waals surface area contributed by atoms with Gasteiger partial charge in [-0.3, -0.25) is 9.78 Å². The summed E-state index contributed by atoms with van der Waals surface area (Å²) in [7, 11) is 0. The first kappa shape index (κ1) is 12.2. The van der Waals surface area contributed by atoms with Crippen molar-refractivity contribution in [2.45, 2.75) is 20.8 Å². The largest absolute Gasteiger partial charge is 0.325 e. The summed E-state index contributed by atoms with van der Waals surface area (Å²) in [6.45, 7) is 5.99. The van der Waals surface area contributed by atoms with Crippen LogP contribution in [0.25, 0.3) is 0 Å². The van der Waals surface area contributed by atoms with Crippen LogP contribution >= 0.6 is 15.9 Å². The van der Waals surface area contributed by atoms with Crippen LogP contribution in [0, 0.1) is 11.8 Å². The van der Waals surface area contributed by atoms with E-state index in [0.29, 0.717) is 5.92 Å². The summed E-state index contributed by atoms with van der Waals surface area (Å²) in [4.78, 5) is 15.7. The summed E-state index contributed by atoms with van der Waals surface area (Å²) in [6, 6.07) is 1.77. The van der Waals surface area contributed by atoms with Crippen LogP contribution in [0.1, 0.15) is 20.8 Å². The summed E-state index contributed by atoms with van der Waals surface area (Å²) in [5.41, 5.74) is 0.766. The predicted molar refractivity (Wildman–Crippen MR) is 64.6 cm³/mol. The van der Waals surface area contributed by atoms with Gasteiger partial charge in [-0.05, 0) is 27.9 Å². The maximum Gasteiger partial charge on any atom is 0.227 e. The zero-order valence-corrected chi connectivity index (χ0v) is 10.7. The zero-order chi connectivity index (χ0) is 11.4. The summed E-state index contributed by atoms with van der Waals surface area (Å²) >= 11 is 3.33. The summed E-state index contributed by atoms with van der Waals surface area (Å²) in [5, 5.41) is 2.87. The van der Waals surface area contributed by atoms with Gasteiger partial charge in [-0.25, -0.2) is 0 Å². The standard InChI is InChI=1S/C11H15BrN2O/c1-7(2)8(3)11(15)14-10-4-5-13-6-9(10)12/h4-8H,1-3H3,(H,13,14,15). The Balaban J connectivity index is 2.71. The molecule has 0 fully saturated rings. The molecule has 15 heavy (non-hydrogen) atoms. The van der Waals surface area contributed by atoms with Crippen molar-refractivity contribution in [3.63, 3.8) is 0 Å². The van der Waals surface area contributed by atoms with E-state index in [1.807, 2.05) is 20.8 Å². The van der Waals surface area contributed by atoms with E-state index >= 15 is 0 Å². The number of amides is 1. The third kappa shape index (κ3) is 3.30. The number of hydrogen-bond donors (Lipinski definition) is 1. The van der Waals surface area contributed by atoms with Crippen LogP contribution < -0.4 is 5.32 Å². The van der Waals surface area contributed by atoms with Crippen molar-refractivity contribution in [1.29, 1.82) is 0 Å². The average Bonchev–Trinajstić information content (AvgIpc) is 2.20. The number of rotatable bonds is 3. The van der Waals surface area contributed by atoms with Gasteiger partial charge >= 0.3 is 0 Å². The van der Waals surface area contributed by atoms with Gasteiger partial charge in [0.25, 0.3) is 0 Å². The number of nitrogens with one attached hydrogen (secondary N) is 1. The van der Waals surface area contributed by atoms with Gasteiger partial charge < -0.3 is 5.32 Å². The molecule has 4 heteroatoms. The molecule has 1 amide bonds. The topological polar surface area (TPSA) is 42.0 Å². The Kier molecular flexibility index (Phi) is 4.27. The van der Waals surface area contributed by atoms with Crippen LogP contribution in [0.15, 0.2) is 22.9 Å². The molecule has 0 radical (unpaired) electrons. The molecule has 1 unspecified atom stereocenters. The van der Waals surface area contributed by atoms with Crippen LogP contribution in [-0.2, 0) is 4.79 Å². The van der Waals surface area contributed by atoms with Crippen LogP contribution in [-0.4, -0.2) is 10.9 Å². The molecule has 1 atom stereocenters. The number of nitrogens with zero attached hydrogens (tertiary/aromatic N) is 1. The molecule has 0 saturated carbocycles. The van der Waals surface area contributed by atoms with E-state index in [0.717, 1.165) is 10.2 Å². The molecule has 3 nitrogen and oxygen atoms in total. The Morgan fingerprint density at radius 1 is 1.47 bits per heavy atom. The van der Waals surface area contributed by atoms with Gasteiger partial charge in [-0.15, -0.1) is 0 Å². The molecule has 1 rings (SSSR count). The van der Waals surface area contributed by atoms with E-state index in [4.69, 9.17) is 0 Å². The van der Waals surface area contributed by atoms with Gasteiger partial charge in [0.05, 0.1) is 10.2 Å². The lowest BCUT2D eigenvalue weighted by Gasteiger charge is -2.15. The molecule has 0 spiro atoms. The molecule has 0 saturated heterocycles. The smallest absolute Gasteiger partial charge is 0.227 e. The number of hydrogen-bond acceptors (Lipinski definition) is 2. The second-order valence-corrected chi connectivity index (χ2v) is 4.73. The van der Waals surface area contributed by atoms with Gasteiger partial charge in [0.2, 0.25) is 5.91 Å². The summed E-state index contributed by atoms with van der Waals surface area (Å²) in [6.07, 6.45) is 3.32. The number of anilines is 1. The fourth-order valence-corrected chi connectivity index (χ4v) is 1.38. The van der Waals surface area contributed by atoms with Gasteiger partial charge in [0.1, 0.15) is 0 Å². The third-order valence-electron chi connectivity index (χ3n) is 2.44. The molecule has 82 valence electrons. The SMILES string of the molecule is CC(C)C(C)C(=O)Nc1ccncc1Br. The normalized spacial score (nSPS) is 12.6. The van der Waals surface area contributed by atoms with E-state index in [1.165, 1.54) is 0 Å². The average molecular weight is 271 g/mol. The third-order valence-corrected chi connectivity index (χ3v) is 3.08. The van der Waals surface area contributed by atoms with E-state index < -0.39 is 0 Å². The first-order valence-electron chi connectivity index (χ1n) is 4.92. The number of pyridine rings is 1. The van der Waals surface area contributed by atoms with Gasteiger partial charge in [0, 0.05) is 18.3 Å². The highest BCUT2D eigenvalue weighted by atomic mass is 79.9. The number of carbonyl (C=O) groups is 1. The predicted octanol–water partition coefficient (Wildman–Crippen LogP) is 3.07. The first-order chi connectivity index (χ1) is 7.02. The lowest BCUT2D eigenvalue weighted by molar-refractivity contribution is -0.120. The van der Waals surface area contributed by atoms with Crippen molar-refractivity contribution in [1.82, 2.24) is 4.98 Å². The molecule has 0 aliphatic heterocycles. The molecule has 1 aromatic heterocycles. The maximum absolute atomic E-state index is 11.8. The van der Waals surface area contributed by atoms with Gasteiger partial charge in [0.15, 0.2) is 0 Å². The van der Waals surface area contributed by atoms with Crippen molar-refractivity contribution in [2.75, 3.05) is 5.32 Å². The van der Waals surface area contributed by atoms with E-state index in [9.17, 15) is 4.79 Å². The van der Waals surface area contributed by atoms with Crippen LogP contribution in [0.4, 0.5) is 5.69 Å². The number of carbonyl (C=O) groups excluding carboxylic acids is 1. The first-order valence-corrected chi connectivity index (χ1v) is 5.72. The fourth-order valence-electron chi connectivity index (χ4n) is 1.03. The summed E-state index contributed by atoms with van der Waals surface area (Å²) < 4.78 is 0.800. The minimum atomic E-state index is 0.00469. The van der Waals surface area contributed by atoms with Crippen LogP contribution in [0.3, 0.4) is 0 Å². The minimum Gasteiger partial charge on any atom is -0.325 e. The van der Waals surface area contributed by atoms with Crippen molar-refractivity contribution in [2.24, 2.45) is 11.8 Å². The highest BCUT2D eigenvalue weighted by Gasteiger charge is 2.17. The Morgan fingerprint density at radius 3 is 2.67 bits per heavy atom. The van der Waals surface area contributed by atoms with Crippen molar-refractivity contribution in [3.05, 3.63) is 22.9 Å². The second kappa shape index (κ2) is 5.26. The fraction of sp³-hybridized carbons (Fsp3) is 0.455. The Labute approximate surface area is 98.4 Å². The molecule has 0 aliphatic carbocycles. The van der Waals surface area contributed by atoms with Crippen molar-refractivity contribution >= 4 is 27.5 Å². The lowest BCUT2D eigenvalue weighted by Crippen LogP contribution is -2.24. The highest BCUT2D eigenvalue weighted by molar-refractivity contribution is 9.10. The van der Waals surface area contributed by atoms with E-state index in [-0.39, 0.29) is 11.8 Å². The highest BCUT2D eigenvalue weighted by Crippen LogP contribution is 2.21. The second-order valence-electron chi connectivity index (χ2n) is 3.88. The Hall–Kier alpha value is -0.900. The van der Waals surface area contributed by atoms with Crippen molar-refractivity contribution in [3.8, 4) is 0 Å². The van der Waals surface area contributed by atoms with Gasteiger partial charge in [-0.1, -0.05) is 20.8 Å². The number of aromatic nitrogens is 1. The Morgan fingerprint density at radius 2 is 2.13 bits per heavy atom. The van der Waals surface area contributed by atoms with Crippen LogP contribution in [0.2, 0.25) is 0 Å². The molecule has 0 aliphatic rings. The minimum absolute atomic E-state index is 0.00469. The number of halogens is 1. The molecule has 1 heterocycles. The Bertz CT molecular complexity index is 352. The molecule has 0 bridgehead atoms. The maximum atomic E-state index is 11.8. The molecule has 1 N–H and O–H groups in total. The lowest BCUT2D eigenvalue weighted by atomic mass is 9.97. The van der Waals surface area contributed by atoms with E-state index in [1.54, 1.807) is 18.5 Å². The quantitative estimate of drug-likeness (QED) is 0.917. The van der Waals surface area contributed by atoms with Crippen molar-refractivity contribution < 1.29 is 4.79 Å². The van der Waals surface area contributed by atoms with E-state index in [2.05, 4.69) is 26.2 Å². The van der Waals surface area contributed by atoms with Gasteiger partial charge in [-0.2, -0.15) is 0 Å². The van der Waals surface area contributed by atoms with Crippen LogP contribution in [0.5, 0.6) is 0 Å². The molecule has 1 aromatic rings. The summed E-state index contributed by atoms with van der Waals surface area (Å²) in [5.74, 6) is 0.382. The molecular weight excluding hydrogens is 256 g/mol. The molecular formula is C11H15BrN2O.